The molecule has 0 unspecified atom stereocenters. The summed E-state index contributed by atoms with van der Waals surface area (Å²) in [6, 6.07) is 0. The van der Waals surface area contributed by atoms with E-state index in [0.717, 1.165) is 32.1 Å². The molecule has 5 N–H and O–H groups in total. The van der Waals surface area contributed by atoms with Crippen LogP contribution in [0.1, 0.15) is 157 Å². The van der Waals surface area contributed by atoms with E-state index in [4.69, 9.17) is 15.0 Å². The molecule has 324 valence electrons. The summed E-state index contributed by atoms with van der Waals surface area (Å²) < 4.78 is 10.4. The van der Waals surface area contributed by atoms with E-state index in [1.165, 1.54) is 64.2 Å². The van der Waals surface area contributed by atoms with Gasteiger partial charge in [0.15, 0.2) is 0 Å². The Labute approximate surface area is 337 Å². The Balaban J connectivity index is 4.33. The van der Waals surface area contributed by atoms with Crippen molar-refractivity contribution in [1.29, 1.82) is 0 Å². The van der Waals surface area contributed by atoms with Crippen LogP contribution < -0.4 is 26.6 Å². The van der Waals surface area contributed by atoms with Crippen molar-refractivity contribution in [2.75, 3.05) is 58.9 Å². The van der Waals surface area contributed by atoms with Crippen molar-refractivity contribution in [2.24, 2.45) is 5.11 Å². The lowest BCUT2D eigenvalue weighted by atomic mass is 10.0. The maximum absolute atomic E-state index is 12.5. The first-order chi connectivity index (χ1) is 26.6. The van der Waals surface area contributed by atoms with Crippen LogP contribution in [-0.2, 0) is 23.9 Å². The quantitative estimate of drug-likeness (QED) is 0.0201. The minimum absolute atomic E-state index is 0.00331. The summed E-state index contributed by atoms with van der Waals surface area (Å²) >= 11 is 0. The number of hydrogen-bond donors (Lipinski definition) is 5. The van der Waals surface area contributed by atoms with Crippen molar-refractivity contribution in [3.8, 4) is 0 Å². The Hall–Kier alpha value is -3.78. The number of carbonyl (C=O) groups excluding carboxylic acids is 5. The predicted molar refractivity (Wildman–Crippen MR) is 221 cm³/mol. The zero-order valence-corrected chi connectivity index (χ0v) is 35.7. The summed E-state index contributed by atoms with van der Waals surface area (Å²) in [5.74, 6) is -0.383. The normalized spacial score (nSPS) is 11.3. The Morgan fingerprint density at radius 1 is 0.482 bits per heavy atom. The van der Waals surface area contributed by atoms with E-state index >= 15 is 0 Å². The van der Waals surface area contributed by atoms with Crippen LogP contribution in [0.5, 0.6) is 0 Å². The SMILES string of the molecule is CC(C)(C)OC(=O)NCCNC(=O)CCN(CCNC(=O)CCCCCCCCCCCCCCCCCN=[N+]=[N-])CCC(=O)NCCNC(=O)OC(C)(C)C. The molecule has 0 radical (unpaired) electrons. The maximum atomic E-state index is 12.5. The van der Waals surface area contributed by atoms with Crippen LogP contribution in [0, 0.1) is 0 Å². The highest BCUT2D eigenvalue weighted by Crippen LogP contribution is 2.14. The van der Waals surface area contributed by atoms with Crippen molar-refractivity contribution in [1.82, 2.24) is 31.5 Å². The summed E-state index contributed by atoms with van der Waals surface area (Å²) in [6.07, 6.45) is 17.7. The van der Waals surface area contributed by atoms with Gasteiger partial charge in [-0.25, -0.2) is 9.59 Å². The van der Waals surface area contributed by atoms with E-state index in [1.807, 2.05) is 4.90 Å². The molecule has 0 rings (SSSR count). The molecule has 0 aromatic carbocycles. The fourth-order valence-electron chi connectivity index (χ4n) is 5.65. The molecule has 0 aliphatic carbocycles. The minimum atomic E-state index is -0.608. The first-order valence-corrected chi connectivity index (χ1v) is 21.1. The first-order valence-electron chi connectivity index (χ1n) is 21.1. The van der Waals surface area contributed by atoms with Crippen LogP contribution in [0.25, 0.3) is 10.4 Å². The van der Waals surface area contributed by atoms with Gasteiger partial charge in [0.05, 0.1) is 0 Å². The number of carbonyl (C=O) groups is 5. The fraction of sp³-hybridized carbons (Fsp3) is 0.875. The van der Waals surface area contributed by atoms with E-state index in [1.54, 1.807) is 41.5 Å². The maximum Gasteiger partial charge on any atom is 0.407 e. The van der Waals surface area contributed by atoms with Crippen LogP contribution in [0.2, 0.25) is 0 Å². The first kappa shape index (κ1) is 52.2. The van der Waals surface area contributed by atoms with Gasteiger partial charge in [-0.1, -0.05) is 88.6 Å². The van der Waals surface area contributed by atoms with Crippen molar-refractivity contribution in [3.05, 3.63) is 10.4 Å². The minimum Gasteiger partial charge on any atom is -0.444 e. The Bertz CT molecular complexity index is 1080. The lowest BCUT2D eigenvalue weighted by Crippen LogP contribution is -2.41. The number of amides is 5. The standard InChI is InChI=1S/C40H77N9O7/c1-39(2,3)55-37(53)45-28-26-42-35(51)23-31-49(32-24-36(52)43-27-29-46-38(54)56-40(4,5)6)33-30-44-34(50)22-20-18-16-14-12-10-8-7-9-11-13-15-17-19-21-25-47-48-41/h7-33H2,1-6H3,(H,42,51)(H,43,52)(H,44,50)(H,45,53)(H,46,54). The number of alkyl carbamates (subject to hydrolysis) is 2. The van der Waals surface area contributed by atoms with Gasteiger partial charge in [0.1, 0.15) is 11.2 Å². The number of nitrogens with one attached hydrogen (secondary N) is 5. The molecule has 0 heterocycles. The monoisotopic (exact) mass is 796 g/mol. The largest absolute Gasteiger partial charge is 0.444 e. The molecule has 0 spiro atoms. The van der Waals surface area contributed by atoms with E-state index < -0.39 is 23.4 Å². The molecule has 0 saturated heterocycles. The van der Waals surface area contributed by atoms with Crippen molar-refractivity contribution >= 4 is 29.9 Å². The van der Waals surface area contributed by atoms with Gasteiger partial charge in [-0.2, -0.15) is 0 Å². The number of azide groups is 1. The third-order valence-corrected chi connectivity index (χ3v) is 8.52. The third-order valence-electron chi connectivity index (χ3n) is 8.52. The summed E-state index contributed by atoms with van der Waals surface area (Å²) in [7, 11) is 0. The van der Waals surface area contributed by atoms with Crippen molar-refractivity contribution in [2.45, 2.75) is 168 Å². The number of unbranched alkanes of at least 4 members (excludes halogenated alkanes) is 14. The van der Waals surface area contributed by atoms with Gasteiger partial charge in [-0.15, -0.1) is 0 Å². The van der Waals surface area contributed by atoms with Crippen molar-refractivity contribution in [3.63, 3.8) is 0 Å². The molecule has 0 atom stereocenters. The number of rotatable bonds is 33. The van der Waals surface area contributed by atoms with Crippen LogP contribution in [0.15, 0.2) is 5.11 Å². The molecule has 0 aliphatic heterocycles. The Morgan fingerprint density at radius 3 is 1.21 bits per heavy atom. The van der Waals surface area contributed by atoms with E-state index in [2.05, 4.69) is 36.6 Å². The summed E-state index contributed by atoms with van der Waals surface area (Å²) in [5.41, 5.74) is 7.07. The predicted octanol–water partition coefficient (Wildman–Crippen LogP) is 7.02. The average Bonchev–Trinajstić information content (AvgIpc) is 3.10. The molecular weight excluding hydrogens is 718 g/mol. The molecule has 16 nitrogen and oxygen atoms in total. The molecule has 56 heavy (non-hydrogen) atoms. The third kappa shape index (κ3) is 38.5. The van der Waals surface area contributed by atoms with Crippen molar-refractivity contribution < 1.29 is 33.4 Å². The Morgan fingerprint density at radius 2 is 0.821 bits per heavy atom. The van der Waals surface area contributed by atoms with E-state index in [-0.39, 0.29) is 56.7 Å². The zero-order chi connectivity index (χ0) is 41.9. The Kier molecular flexibility index (Phi) is 31.1. The molecular formula is C40H77N9O7. The second kappa shape index (κ2) is 33.4. The summed E-state index contributed by atoms with van der Waals surface area (Å²) in [5, 5.41) is 17.3. The highest BCUT2D eigenvalue weighted by Gasteiger charge is 2.17. The van der Waals surface area contributed by atoms with Crippen LogP contribution in [-0.4, -0.2) is 105 Å². The molecule has 0 aromatic rings. The lowest BCUT2D eigenvalue weighted by molar-refractivity contribution is -0.123. The molecule has 0 saturated carbocycles. The topological polar surface area (TPSA) is 216 Å². The number of hydrogen-bond acceptors (Lipinski definition) is 9. The van der Waals surface area contributed by atoms with Gasteiger partial charge in [-0.3, -0.25) is 14.4 Å². The molecule has 5 amide bonds. The lowest BCUT2D eigenvalue weighted by Gasteiger charge is -2.22. The molecule has 16 heteroatoms. The second-order valence-corrected chi connectivity index (χ2v) is 16.3. The van der Waals surface area contributed by atoms with Gasteiger partial charge >= 0.3 is 12.2 Å². The smallest absolute Gasteiger partial charge is 0.407 e. The van der Waals surface area contributed by atoms with Crippen LogP contribution in [0.3, 0.4) is 0 Å². The number of ether oxygens (including phenoxy) is 2. The van der Waals surface area contributed by atoms with E-state index in [0.29, 0.717) is 39.1 Å². The highest BCUT2D eigenvalue weighted by molar-refractivity contribution is 5.77. The number of nitrogens with zero attached hydrogens (tertiary/aromatic N) is 4. The molecule has 0 bridgehead atoms. The second-order valence-electron chi connectivity index (χ2n) is 16.3. The van der Waals surface area contributed by atoms with Gasteiger partial charge in [0, 0.05) is 83.1 Å². The molecule has 0 fully saturated rings. The highest BCUT2D eigenvalue weighted by atomic mass is 16.6. The van der Waals surface area contributed by atoms with Gasteiger partial charge < -0.3 is 41.0 Å². The van der Waals surface area contributed by atoms with E-state index in [9.17, 15) is 24.0 Å². The van der Waals surface area contributed by atoms with Crippen LogP contribution in [0.4, 0.5) is 9.59 Å². The van der Waals surface area contributed by atoms with Crippen LogP contribution >= 0.6 is 0 Å². The van der Waals surface area contributed by atoms with Gasteiger partial charge in [-0.05, 0) is 59.9 Å². The molecule has 0 aromatic heterocycles. The summed E-state index contributed by atoms with van der Waals surface area (Å²) in [4.78, 5) is 65.9. The van der Waals surface area contributed by atoms with Gasteiger partial charge in [0.2, 0.25) is 17.7 Å². The molecule has 0 aliphatic rings. The summed E-state index contributed by atoms with van der Waals surface area (Å²) in [6.45, 7) is 13.9. The van der Waals surface area contributed by atoms with Gasteiger partial charge in [0.25, 0.3) is 0 Å². The fourth-order valence-corrected chi connectivity index (χ4v) is 5.65. The average molecular weight is 796 g/mol. The zero-order valence-electron chi connectivity index (χ0n) is 35.7.